The van der Waals surface area contributed by atoms with E-state index in [4.69, 9.17) is 4.74 Å². The van der Waals surface area contributed by atoms with Gasteiger partial charge in [0.05, 0.1) is 11.1 Å². The summed E-state index contributed by atoms with van der Waals surface area (Å²) in [6, 6.07) is 4.24. The van der Waals surface area contributed by atoms with E-state index in [0.29, 0.717) is 6.61 Å². The van der Waals surface area contributed by atoms with Crippen molar-refractivity contribution < 1.29 is 4.74 Å². The molecule has 0 aromatic heterocycles. The molecule has 76 valence electrons. The van der Waals surface area contributed by atoms with E-state index >= 15 is 0 Å². The van der Waals surface area contributed by atoms with Crippen LogP contribution in [-0.2, 0) is 6.42 Å². The molecule has 14 heavy (non-hydrogen) atoms. The summed E-state index contributed by atoms with van der Waals surface area (Å²) >= 11 is 3.52. The predicted molar refractivity (Wildman–Crippen MR) is 62.1 cm³/mol. The Morgan fingerprint density at radius 3 is 3.14 bits per heavy atom. The van der Waals surface area contributed by atoms with Crippen LogP contribution in [0.4, 0.5) is 5.69 Å². The zero-order chi connectivity index (χ0) is 9.97. The first-order valence-electron chi connectivity index (χ1n) is 5.00. The van der Waals surface area contributed by atoms with Gasteiger partial charge in [0.1, 0.15) is 5.75 Å². The van der Waals surface area contributed by atoms with Crippen LogP contribution in [0.3, 0.4) is 0 Å². The summed E-state index contributed by atoms with van der Waals surface area (Å²) in [4.78, 5) is 0. The molecule has 1 aliphatic rings. The zero-order valence-electron chi connectivity index (χ0n) is 8.27. The van der Waals surface area contributed by atoms with Gasteiger partial charge in [-0.15, -0.1) is 0 Å². The van der Waals surface area contributed by atoms with Crippen molar-refractivity contribution in [2.75, 3.05) is 18.5 Å². The highest BCUT2D eigenvalue weighted by molar-refractivity contribution is 9.10. The van der Waals surface area contributed by atoms with Gasteiger partial charge in [-0.25, -0.2) is 0 Å². The molecule has 0 radical (unpaired) electrons. The Balaban J connectivity index is 2.35. The number of halogens is 1. The minimum absolute atomic E-state index is 0.706. The van der Waals surface area contributed by atoms with Gasteiger partial charge in [0, 0.05) is 18.3 Å². The number of hydrogen-bond donors (Lipinski definition) is 1. The van der Waals surface area contributed by atoms with Gasteiger partial charge in [-0.3, -0.25) is 0 Å². The molecule has 3 heteroatoms. The maximum absolute atomic E-state index is 5.52. The molecular weight excluding hydrogens is 242 g/mol. The van der Waals surface area contributed by atoms with Crippen LogP contribution in [0, 0.1) is 0 Å². The molecule has 0 atom stereocenters. The summed E-state index contributed by atoms with van der Waals surface area (Å²) in [6.45, 7) is 3.77. The second-order valence-corrected chi connectivity index (χ2v) is 4.26. The quantitative estimate of drug-likeness (QED) is 0.877. The molecule has 0 fully saturated rings. The highest BCUT2D eigenvalue weighted by atomic mass is 79.9. The lowest BCUT2D eigenvalue weighted by atomic mass is 10.0. The fraction of sp³-hybridized carbons (Fsp3) is 0.455. The molecule has 0 unspecified atom stereocenters. The molecule has 1 heterocycles. The summed E-state index contributed by atoms with van der Waals surface area (Å²) in [5.74, 6) is 0.931. The molecule has 2 rings (SSSR count). The van der Waals surface area contributed by atoms with E-state index in [1.54, 1.807) is 0 Å². The van der Waals surface area contributed by atoms with Gasteiger partial charge >= 0.3 is 0 Å². The lowest BCUT2D eigenvalue weighted by Gasteiger charge is -2.19. The summed E-state index contributed by atoms with van der Waals surface area (Å²) in [7, 11) is 0. The number of hydrogen-bond acceptors (Lipinski definition) is 2. The molecule has 0 spiro atoms. The van der Waals surface area contributed by atoms with Gasteiger partial charge < -0.3 is 10.1 Å². The Labute approximate surface area is 92.8 Å². The molecule has 1 aromatic rings. The highest BCUT2D eigenvalue weighted by Crippen LogP contribution is 2.33. The van der Waals surface area contributed by atoms with E-state index in [9.17, 15) is 0 Å². The van der Waals surface area contributed by atoms with Crippen LogP contribution < -0.4 is 10.1 Å². The van der Waals surface area contributed by atoms with Crippen molar-refractivity contribution in [3.05, 3.63) is 22.2 Å². The summed E-state index contributed by atoms with van der Waals surface area (Å²) in [5, 5.41) is 3.39. The van der Waals surface area contributed by atoms with Crippen molar-refractivity contribution in [3.8, 4) is 5.75 Å². The molecule has 0 bridgehead atoms. The van der Waals surface area contributed by atoms with Crippen LogP contribution in [-0.4, -0.2) is 13.2 Å². The van der Waals surface area contributed by atoms with Gasteiger partial charge in [-0.05, 0) is 47.3 Å². The van der Waals surface area contributed by atoms with E-state index in [1.807, 2.05) is 6.92 Å². The highest BCUT2D eigenvalue weighted by Gasteiger charge is 2.12. The number of benzene rings is 1. The Bertz CT molecular complexity index is 338. The minimum Gasteiger partial charge on any atom is -0.493 e. The van der Waals surface area contributed by atoms with E-state index in [0.717, 1.165) is 23.2 Å². The number of anilines is 1. The third-order valence-electron chi connectivity index (χ3n) is 2.40. The maximum Gasteiger partial charge on any atom is 0.135 e. The first kappa shape index (κ1) is 9.84. The van der Waals surface area contributed by atoms with Crippen LogP contribution in [0.1, 0.15) is 18.9 Å². The van der Waals surface area contributed by atoms with Crippen LogP contribution >= 0.6 is 15.9 Å². The van der Waals surface area contributed by atoms with E-state index in [2.05, 4.69) is 33.4 Å². The van der Waals surface area contributed by atoms with Crippen molar-refractivity contribution in [1.82, 2.24) is 0 Å². The largest absolute Gasteiger partial charge is 0.493 e. The molecular formula is C11H14BrNO. The lowest BCUT2D eigenvalue weighted by molar-refractivity contribution is 0.338. The Hall–Kier alpha value is -0.700. The number of fused-ring (bicyclic) bond motifs is 1. The fourth-order valence-corrected chi connectivity index (χ4v) is 2.24. The number of ether oxygens (including phenoxy) is 1. The topological polar surface area (TPSA) is 21.3 Å². The Kier molecular flexibility index (Phi) is 2.96. The normalized spacial score (nSPS) is 14.4. The monoisotopic (exact) mass is 255 g/mol. The number of nitrogens with one attached hydrogen (secondary N) is 1. The first-order valence-corrected chi connectivity index (χ1v) is 5.79. The van der Waals surface area contributed by atoms with Gasteiger partial charge in [0.2, 0.25) is 0 Å². The van der Waals surface area contributed by atoms with Crippen LogP contribution in [0.5, 0.6) is 5.75 Å². The van der Waals surface area contributed by atoms with Gasteiger partial charge in [0.15, 0.2) is 0 Å². The van der Waals surface area contributed by atoms with Crippen molar-refractivity contribution in [3.63, 3.8) is 0 Å². The van der Waals surface area contributed by atoms with Crippen molar-refractivity contribution in [1.29, 1.82) is 0 Å². The molecule has 0 saturated carbocycles. The Morgan fingerprint density at radius 1 is 1.50 bits per heavy atom. The SMILES string of the molecule is CCOc1cc2c(cc1Br)CCCN2. The molecule has 1 N–H and O–H groups in total. The molecule has 0 saturated heterocycles. The number of aryl methyl sites for hydroxylation is 1. The second kappa shape index (κ2) is 4.22. The fourth-order valence-electron chi connectivity index (χ4n) is 1.73. The second-order valence-electron chi connectivity index (χ2n) is 3.40. The van der Waals surface area contributed by atoms with Crippen molar-refractivity contribution in [2.24, 2.45) is 0 Å². The van der Waals surface area contributed by atoms with Gasteiger partial charge in [0.25, 0.3) is 0 Å². The molecule has 2 nitrogen and oxygen atoms in total. The lowest BCUT2D eigenvalue weighted by Crippen LogP contribution is -2.11. The smallest absolute Gasteiger partial charge is 0.135 e. The maximum atomic E-state index is 5.52. The van der Waals surface area contributed by atoms with Crippen molar-refractivity contribution in [2.45, 2.75) is 19.8 Å². The van der Waals surface area contributed by atoms with E-state index in [-0.39, 0.29) is 0 Å². The van der Waals surface area contributed by atoms with E-state index in [1.165, 1.54) is 17.7 Å². The molecule has 0 aliphatic carbocycles. The average Bonchev–Trinajstić information content (AvgIpc) is 2.19. The summed E-state index contributed by atoms with van der Waals surface area (Å²) in [6.07, 6.45) is 2.38. The van der Waals surface area contributed by atoms with Crippen LogP contribution in [0.2, 0.25) is 0 Å². The third-order valence-corrected chi connectivity index (χ3v) is 3.02. The summed E-state index contributed by atoms with van der Waals surface area (Å²) in [5.41, 5.74) is 2.61. The van der Waals surface area contributed by atoms with Gasteiger partial charge in [-0.2, -0.15) is 0 Å². The minimum atomic E-state index is 0.706. The zero-order valence-corrected chi connectivity index (χ0v) is 9.86. The predicted octanol–water partition coefficient (Wildman–Crippen LogP) is 3.21. The molecule has 1 aliphatic heterocycles. The third kappa shape index (κ3) is 1.87. The standard InChI is InChI=1S/C11H14BrNO/c1-2-14-11-7-10-8(6-9(11)12)4-3-5-13-10/h6-7,13H,2-5H2,1H3. The number of rotatable bonds is 2. The van der Waals surface area contributed by atoms with Crippen LogP contribution in [0.25, 0.3) is 0 Å². The van der Waals surface area contributed by atoms with Crippen molar-refractivity contribution >= 4 is 21.6 Å². The molecule has 0 amide bonds. The molecule has 1 aromatic carbocycles. The average molecular weight is 256 g/mol. The summed E-state index contributed by atoms with van der Waals surface area (Å²) < 4.78 is 6.57. The van der Waals surface area contributed by atoms with Crippen LogP contribution in [0.15, 0.2) is 16.6 Å². The van der Waals surface area contributed by atoms with Gasteiger partial charge in [-0.1, -0.05) is 0 Å². The first-order chi connectivity index (χ1) is 6.81. The Morgan fingerprint density at radius 2 is 2.36 bits per heavy atom. The van der Waals surface area contributed by atoms with E-state index < -0.39 is 0 Å².